The smallest absolute Gasteiger partial charge is 0.270 e. The summed E-state index contributed by atoms with van der Waals surface area (Å²) in [5, 5.41) is 13.2. The van der Waals surface area contributed by atoms with Gasteiger partial charge in [0.2, 0.25) is 0 Å². The Kier molecular flexibility index (Phi) is 5.26. The number of carbonyl (C=O) groups is 1. The van der Waals surface area contributed by atoms with Gasteiger partial charge in [-0.25, -0.2) is 4.99 Å². The number of aliphatic imine (C=N–C) groups is 1. The van der Waals surface area contributed by atoms with E-state index in [4.69, 9.17) is 0 Å². The van der Waals surface area contributed by atoms with E-state index in [-0.39, 0.29) is 23.4 Å². The predicted octanol–water partition coefficient (Wildman–Crippen LogP) is 3.96. The van der Waals surface area contributed by atoms with Crippen molar-refractivity contribution in [2.24, 2.45) is 4.99 Å². The van der Waals surface area contributed by atoms with Crippen LogP contribution < -0.4 is 5.32 Å². The molecule has 1 saturated carbocycles. The summed E-state index contributed by atoms with van der Waals surface area (Å²) in [5.74, 6) is -0.168. The summed E-state index contributed by atoms with van der Waals surface area (Å²) in [7, 11) is 0. The van der Waals surface area contributed by atoms with Crippen LogP contribution in [0.4, 0.5) is 5.69 Å². The lowest BCUT2D eigenvalue weighted by molar-refractivity contribution is -0.115. The lowest BCUT2D eigenvalue weighted by Gasteiger charge is -2.23. The highest BCUT2D eigenvalue weighted by molar-refractivity contribution is 6.46. The molecule has 2 aromatic rings. The Hall–Kier alpha value is -2.62. The predicted molar refractivity (Wildman–Crippen MR) is 95.8 cm³/mol. The molecule has 2 aromatic carbocycles. The summed E-state index contributed by atoms with van der Waals surface area (Å²) in [4.78, 5) is 17.3. The number of phenols is 1. The number of carbonyl (C=O) groups excluding carboxylic acids is 1. The van der Waals surface area contributed by atoms with Crippen molar-refractivity contribution in [2.75, 3.05) is 0 Å². The van der Waals surface area contributed by atoms with Gasteiger partial charge in [-0.3, -0.25) is 4.79 Å². The minimum absolute atomic E-state index is 0.0611. The maximum Gasteiger partial charge on any atom is 0.270 e. The third-order valence-electron chi connectivity index (χ3n) is 4.31. The van der Waals surface area contributed by atoms with Gasteiger partial charge < -0.3 is 10.4 Å². The van der Waals surface area contributed by atoms with Crippen LogP contribution in [0.15, 0.2) is 59.6 Å². The van der Waals surface area contributed by atoms with Crippen molar-refractivity contribution in [3.8, 4) is 5.75 Å². The van der Waals surface area contributed by atoms with Crippen molar-refractivity contribution in [3.63, 3.8) is 0 Å². The van der Waals surface area contributed by atoms with E-state index in [9.17, 15) is 9.90 Å². The summed E-state index contributed by atoms with van der Waals surface area (Å²) >= 11 is 0. The van der Waals surface area contributed by atoms with Crippen molar-refractivity contribution < 1.29 is 9.90 Å². The molecular formula is C20H22N2O2. The maximum absolute atomic E-state index is 12.8. The van der Waals surface area contributed by atoms with E-state index in [0.717, 1.165) is 25.7 Å². The molecule has 124 valence electrons. The highest BCUT2D eigenvalue weighted by atomic mass is 16.3. The zero-order valence-electron chi connectivity index (χ0n) is 13.6. The van der Waals surface area contributed by atoms with E-state index in [2.05, 4.69) is 10.3 Å². The fraction of sp³-hybridized carbons (Fsp3) is 0.300. The average Bonchev–Trinajstić information content (AvgIpc) is 2.62. The number of nitrogens with zero attached hydrogens (tertiary/aromatic N) is 1. The fourth-order valence-electron chi connectivity index (χ4n) is 3.04. The number of benzene rings is 2. The van der Waals surface area contributed by atoms with Crippen LogP contribution in [0.25, 0.3) is 0 Å². The molecule has 0 unspecified atom stereocenters. The number of nitrogens with one attached hydrogen (secondary N) is 1. The fourth-order valence-corrected chi connectivity index (χ4v) is 3.04. The Bertz CT molecular complexity index is 719. The number of rotatable bonds is 4. The molecule has 0 saturated heterocycles. The molecular weight excluding hydrogens is 300 g/mol. The number of para-hydroxylation sites is 2. The molecule has 1 fully saturated rings. The highest BCUT2D eigenvalue weighted by Crippen LogP contribution is 2.22. The normalized spacial score (nSPS) is 15.9. The molecule has 24 heavy (non-hydrogen) atoms. The van der Waals surface area contributed by atoms with Crippen LogP contribution in [0, 0.1) is 0 Å². The number of amides is 1. The second kappa shape index (κ2) is 7.77. The van der Waals surface area contributed by atoms with E-state index in [1.54, 1.807) is 24.3 Å². The van der Waals surface area contributed by atoms with Crippen LogP contribution in [0.5, 0.6) is 5.75 Å². The molecule has 0 radical (unpaired) electrons. The first-order valence-electron chi connectivity index (χ1n) is 8.47. The lowest BCUT2D eigenvalue weighted by atomic mass is 9.95. The van der Waals surface area contributed by atoms with E-state index in [0.29, 0.717) is 11.3 Å². The van der Waals surface area contributed by atoms with Crippen LogP contribution in [-0.2, 0) is 4.79 Å². The molecule has 0 atom stereocenters. The quantitative estimate of drug-likeness (QED) is 0.837. The van der Waals surface area contributed by atoms with Gasteiger partial charge in [0, 0.05) is 11.6 Å². The van der Waals surface area contributed by atoms with Crippen molar-refractivity contribution in [2.45, 2.75) is 38.1 Å². The zero-order valence-corrected chi connectivity index (χ0v) is 13.6. The molecule has 3 rings (SSSR count). The molecule has 1 aliphatic rings. The monoisotopic (exact) mass is 322 g/mol. The van der Waals surface area contributed by atoms with Gasteiger partial charge in [-0.1, -0.05) is 49.6 Å². The van der Waals surface area contributed by atoms with Crippen molar-refractivity contribution in [1.29, 1.82) is 0 Å². The first-order chi connectivity index (χ1) is 11.7. The van der Waals surface area contributed by atoms with E-state index in [1.165, 1.54) is 6.42 Å². The number of phenolic OH excluding ortho intramolecular Hbond substituents is 1. The Balaban J connectivity index is 1.91. The molecule has 0 bridgehead atoms. The first kappa shape index (κ1) is 16.2. The van der Waals surface area contributed by atoms with Gasteiger partial charge in [0.1, 0.15) is 11.5 Å². The average molecular weight is 322 g/mol. The zero-order chi connectivity index (χ0) is 16.8. The molecule has 0 spiro atoms. The standard InChI is InChI=1S/C20H22N2O2/c23-18-14-8-7-13-17(18)19(21-15-9-3-1-4-10-15)20(24)22-16-11-5-2-6-12-16/h1,3-4,7-10,13-14,16,23H,2,5-6,11-12H2,(H,22,24). The Morgan fingerprint density at radius 3 is 2.33 bits per heavy atom. The molecule has 4 heteroatoms. The van der Waals surface area contributed by atoms with E-state index >= 15 is 0 Å². The summed E-state index contributed by atoms with van der Waals surface area (Å²) in [6, 6.07) is 16.4. The van der Waals surface area contributed by atoms with E-state index < -0.39 is 0 Å². The number of hydrogen-bond acceptors (Lipinski definition) is 3. The summed E-state index contributed by atoms with van der Waals surface area (Å²) < 4.78 is 0. The second-order valence-electron chi connectivity index (χ2n) is 6.12. The molecule has 2 N–H and O–H groups in total. The summed E-state index contributed by atoms with van der Waals surface area (Å²) in [6.45, 7) is 0. The number of aromatic hydroxyl groups is 1. The minimum atomic E-state index is -0.229. The largest absolute Gasteiger partial charge is 0.507 e. The van der Waals surface area contributed by atoms with Gasteiger partial charge in [-0.2, -0.15) is 0 Å². The lowest BCUT2D eigenvalue weighted by Crippen LogP contribution is -2.40. The van der Waals surface area contributed by atoms with Gasteiger partial charge in [0.05, 0.1) is 5.69 Å². The van der Waals surface area contributed by atoms with Crippen LogP contribution in [0.1, 0.15) is 37.7 Å². The molecule has 1 amide bonds. The topological polar surface area (TPSA) is 61.7 Å². The molecule has 0 aromatic heterocycles. The van der Waals surface area contributed by atoms with Crippen LogP contribution in [-0.4, -0.2) is 22.8 Å². The van der Waals surface area contributed by atoms with Crippen LogP contribution in [0.3, 0.4) is 0 Å². The van der Waals surface area contributed by atoms with Crippen molar-refractivity contribution in [3.05, 3.63) is 60.2 Å². The van der Waals surface area contributed by atoms with Crippen molar-refractivity contribution in [1.82, 2.24) is 5.32 Å². The van der Waals surface area contributed by atoms with Gasteiger partial charge in [0.25, 0.3) is 5.91 Å². The summed E-state index contributed by atoms with van der Waals surface area (Å²) in [6.07, 6.45) is 5.53. The van der Waals surface area contributed by atoms with E-state index in [1.807, 2.05) is 30.3 Å². The van der Waals surface area contributed by atoms with Gasteiger partial charge >= 0.3 is 0 Å². The third kappa shape index (κ3) is 4.02. The Labute approximate surface area is 142 Å². The first-order valence-corrected chi connectivity index (χ1v) is 8.47. The third-order valence-corrected chi connectivity index (χ3v) is 4.31. The molecule has 0 aliphatic heterocycles. The minimum Gasteiger partial charge on any atom is -0.507 e. The second-order valence-corrected chi connectivity index (χ2v) is 6.12. The molecule has 0 heterocycles. The van der Waals surface area contributed by atoms with Gasteiger partial charge in [0.15, 0.2) is 0 Å². The highest BCUT2D eigenvalue weighted by Gasteiger charge is 2.22. The number of hydrogen-bond donors (Lipinski definition) is 2. The summed E-state index contributed by atoms with van der Waals surface area (Å²) in [5.41, 5.74) is 1.40. The van der Waals surface area contributed by atoms with Gasteiger partial charge in [-0.05, 0) is 37.1 Å². The maximum atomic E-state index is 12.8. The van der Waals surface area contributed by atoms with Crippen molar-refractivity contribution >= 4 is 17.3 Å². The van der Waals surface area contributed by atoms with Crippen LogP contribution >= 0.6 is 0 Å². The van der Waals surface area contributed by atoms with Gasteiger partial charge in [-0.15, -0.1) is 0 Å². The van der Waals surface area contributed by atoms with Crippen LogP contribution in [0.2, 0.25) is 0 Å². The Morgan fingerprint density at radius 2 is 1.62 bits per heavy atom. The molecule has 1 aliphatic carbocycles. The Morgan fingerprint density at radius 1 is 0.958 bits per heavy atom. The SMILES string of the molecule is O=C(NC1CCCCC1)C(=Nc1ccccc1)c1ccccc1O. The molecule has 4 nitrogen and oxygen atoms in total.